The van der Waals surface area contributed by atoms with Gasteiger partial charge in [-0.2, -0.15) is 0 Å². The van der Waals surface area contributed by atoms with Crippen LogP contribution >= 0.6 is 11.6 Å². The molecular weight excluding hydrogens is 184 g/mol. The fourth-order valence-corrected chi connectivity index (χ4v) is 1.26. The van der Waals surface area contributed by atoms with Crippen LogP contribution in [0.1, 0.15) is 0 Å². The molecule has 4 nitrogen and oxygen atoms in total. The number of ketones is 1. The second kappa shape index (κ2) is 3.43. The van der Waals surface area contributed by atoms with Gasteiger partial charge in [-0.15, -0.1) is 11.6 Å². The second-order valence-electron chi connectivity index (χ2n) is 2.49. The van der Waals surface area contributed by atoms with E-state index in [0.717, 1.165) is 6.08 Å². The molecular formula is C7H9ClO4. The van der Waals surface area contributed by atoms with E-state index in [1.54, 1.807) is 0 Å². The summed E-state index contributed by atoms with van der Waals surface area (Å²) in [5.74, 6) is -0.407. The van der Waals surface area contributed by atoms with Gasteiger partial charge in [-0.25, -0.2) is 0 Å². The average Bonchev–Trinajstić information content (AvgIpc) is 2.08. The minimum absolute atomic E-state index is 0.180. The smallest absolute Gasteiger partial charge is 0.190 e. The van der Waals surface area contributed by atoms with Crippen LogP contribution in [0.5, 0.6) is 0 Å². The predicted octanol–water partition coefficient (Wildman–Crippen LogP) is -0.571. The number of carbonyl (C=O) groups excluding carboxylic acids is 1. The minimum atomic E-state index is -1.44. The zero-order valence-corrected chi connectivity index (χ0v) is 7.15. The molecule has 2 N–H and O–H groups in total. The van der Waals surface area contributed by atoms with E-state index in [9.17, 15) is 9.90 Å². The number of ether oxygens (including phenoxy) is 1. The minimum Gasteiger partial charge on any atom is -0.499 e. The molecule has 0 spiro atoms. The summed E-state index contributed by atoms with van der Waals surface area (Å²) < 4.78 is 4.73. The van der Waals surface area contributed by atoms with Gasteiger partial charge in [-0.05, 0) is 0 Å². The Balaban J connectivity index is 2.91. The average molecular weight is 193 g/mol. The first-order valence-corrected chi connectivity index (χ1v) is 3.81. The highest BCUT2D eigenvalue weighted by atomic mass is 35.5. The van der Waals surface area contributed by atoms with Crippen molar-refractivity contribution in [3.63, 3.8) is 0 Å². The maximum absolute atomic E-state index is 10.9. The largest absolute Gasteiger partial charge is 0.499 e. The van der Waals surface area contributed by atoms with Crippen LogP contribution in [0.15, 0.2) is 11.8 Å². The summed E-state index contributed by atoms with van der Waals surface area (Å²) in [6.45, 7) is 0. The van der Waals surface area contributed by atoms with Crippen LogP contribution < -0.4 is 0 Å². The third-order valence-electron chi connectivity index (χ3n) is 1.71. The topological polar surface area (TPSA) is 66.8 Å². The molecule has 0 amide bonds. The molecule has 0 heterocycles. The molecule has 0 saturated heterocycles. The summed E-state index contributed by atoms with van der Waals surface area (Å²) in [6, 6.07) is 0. The van der Waals surface area contributed by atoms with Gasteiger partial charge in [0.15, 0.2) is 5.78 Å². The molecule has 5 heteroatoms. The third kappa shape index (κ3) is 1.46. The van der Waals surface area contributed by atoms with Gasteiger partial charge in [0.25, 0.3) is 0 Å². The number of alkyl halides is 1. The lowest BCUT2D eigenvalue weighted by atomic mass is 9.98. The van der Waals surface area contributed by atoms with Gasteiger partial charge in [-0.1, -0.05) is 0 Å². The molecule has 0 unspecified atom stereocenters. The standard InChI is InChI=1S/C7H9ClO4/c1-12-4-2-3(9)6(10)7(11)5(4)8/h2,5-7,10-11H,1H3/t5-,6+,7-/m1/s1. The molecule has 0 saturated carbocycles. The van der Waals surface area contributed by atoms with Crippen LogP contribution in [0.3, 0.4) is 0 Å². The Hall–Kier alpha value is -0.580. The second-order valence-corrected chi connectivity index (χ2v) is 2.96. The van der Waals surface area contributed by atoms with E-state index < -0.39 is 23.4 Å². The molecule has 1 aliphatic rings. The number of rotatable bonds is 1. The van der Waals surface area contributed by atoms with E-state index in [2.05, 4.69) is 0 Å². The van der Waals surface area contributed by atoms with Gasteiger partial charge >= 0.3 is 0 Å². The van der Waals surface area contributed by atoms with Gasteiger partial charge in [0.2, 0.25) is 0 Å². The SMILES string of the molecule is COC1=CC(=O)[C@H](O)[C@H](O)[C@@H]1Cl. The summed E-state index contributed by atoms with van der Waals surface area (Å²) in [6.07, 6.45) is -1.64. The van der Waals surface area contributed by atoms with Gasteiger partial charge < -0.3 is 14.9 Å². The Bertz CT molecular complexity index is 225. The van der Waals surface area contributed by atoms with Crippen LogP contribution in [-0.4, -0.2) is 40.7 Å². The van der Waals surface area contributed by atoms with Crippen LogP contribution in [-0.2, 0) is 9.53 Å². The molecule has 0 bridgehead atoms. The molecule has 3 atom stereocenters. The van der Waals surface area contributed by atoms with Gasteiger partial charge in [0.05, 0.1) is 7.11 Å². The third-order valence-corrected chi connectivity index (χ3v) is 2.18. The maximum atomic E-state index is 10.9. The lowest BCUT2D eigenvalue weighted by molar-refractivity contribution is -0.129. The van der Waals surface area contributed by atoms with Crippen molar-refractivity contribution in [1.82, 2.24) is 0 Å². The molecule has 0 fully saturated rings. The normalized spacial score (nSPS) is 36.2. The van der Waals surface area contributed by atoms with Crippen molar-refractivity contribution in [1.29, 1.82) is 0 Å². The summed E-state index contributed by atoms with van der Waals surface area (Å²) in [4.78, 5) is 10.9. The molecule has 0 aromatic carbocycles. The van der Waals surface area contributed by atoms with Gasteiger partial charge in [0, 0.05) is 6.08 Å². The van der Waals surface area contributed by atoms with E-state index >= 15 is 0 Å². The van der Waals surface area contributed by atoms with Gasteiger partial charge in [-0.3, -0.25) is 4.79 Å². The fraction of sp³-hybridized carbons (Fsp3) is 0.571. The highest BCUT2D eigenvalue weighted by molar-refractivity contribution is 6.23. The molecule has 1 aliphatic carbocycles. The van der Waals surface area contributed by atoms with Crippen LogP contribution in [0.2, 0.25) is 0 Å². The van der Waals surface area contributed by atoms with Crippen molar-refractivity contribution in [2.24, 2.45) is 0 Å². The zero-order chi connectivity index (χ0) is 9.30. The molecule has 0 aromatic rings. The summed E-state index contributed by atoms with van der Waals surface area (Å²) in [5, 5.41) is 17.4. The quantitative estimate of drug-likeness (QED) is 0.546. The number of hydrogen-bond donors (Lipinski definition) is 2. The Morgan fingerprint density at radius 2 is 2.17 bits per heavy atom. The Labute approximate surface area is 74.4 Å². The Kier molecular flexibility index (Phi) is 2.72. The Morgan fingerprint density at radius 3 is 2.67 bits per heavy atom. The van der Waals surface area contributed by atoms with Crippen molar-refractivity contribution < 1.29 is 19.7 Å². The lowest BCUT2D eigenvalue weighted by Crippen LogP contribution is -2.44. The zero-order valence-electron chi connectivity index (χ0n) is 6.40. The first-order valence-electron chi connectivity index (χ1n) is 3.37. The van der Waals surface area contributed by atoms with Crippen molar-refractivity contribution in [3.05, 3.63) is 11.8 Å². The first-order chi connectivity index (χ1) is 5.57. The fourth-order valence-electron chi connectivity index (χ4n) is 0.973. The molecule has 68 valence electrons. The van der Waals surface area contributed by atoms with Crippen LogP contribution in [0.4, 0.5) is 0 Å². The number of aliphatic hydroxyl groups is 2. The van der Waals surface area contributed by atoms with Crippen molar-refractivity contribution in [2.75, 3.05) is 7.11 Å². The number of hydrogen-bond acceptors (Lipinski definition) is 4. The molecule has 1 rings (SSSR count). The first kappa shape index (κ1) is 9.51. The summed E-state index contributed by atoms with van der Waals surface area (Å²) >= 11 is 5.64. The van der Waals surface area contributed by atoms with Crippen LogP contribution in [0.25, 0.3) is 0 Å². The van der Waals surface area contributed by atoms with E-state index in [1.807, 2.05) is 0 Å². The van der Waals surface area contributed by atoms with Crippen LogP contribution in [0, 0.1) is 0 Å². The summed E-state index contributed by atoms with van der Waals surface area (Å²) in [7, 11) is 1.35. The molecule has 0 aromatic heterocycles. The number of methoxy groups -OCH3 is 1. The number of carbonyl (C=O) groups is 1. The molecule has 0 radical (unpaired) electrons. The monoisotopic (exact) mass is 192 g/mol. The molecule has 0 aliphatic heterocycles. The highest BCUT2D eigenvalue weighted by Gasteiger charge is 2.37. The predicted molar refractivity (Wildman–Crippen MR) is 41.8 cm³/mol. The van der Waals surface area contributed by atoms with Crippen molar-refractivity contribution in [2.45, 2.75) is 17.6 Å². The van der Waals surface area contributed by atoms with E-state index in [4.69, 9.17) is 21.4 Å². The van der Waals surface area contributed by atoms with E-state index in [-0.39, 0.29) is 5.76 Å². The lowest BCUT2D eigenvalue weighted by Gasteiger charge is -2.26. The van der Waals surface area contributed by atoms with Crippen molar-refractivity contribution >= 4 is 17.4 Å². The summed E-state index contributed by atoms with van der Waals surface area (Å²) in [5.41, 5.74) is 0. The number of halogens is 1. The van der Waals surface area contributed by atoms with E-state index in [1.165, 1.54) is 7.11 Å². The number of aliphatic hydroxyl groups excluding tert-OH is 2. The highest BCUT2D eigenvalue weighted by Crippen LogP contribution is 2.22. The molecule has 12 heavy (non-hydrogen) atoms. The maximum Gasteiger partial charge on any atom is 0.190 e. The Morgan fingerprint density at radius 1 is 1.58 bits per heavy atom. The van der Waals surface area contributed by atoms with Crippen molar-refractivity contribution in [3.8, 4) is 0 Å². The van der Waals surface area contributed by atoms with E-state index in [0.29, 0.717) is 0 Å². The van der Waals surface area contributed by atoms with Gasteiger partial charge in [0.1, 0.15) is 23.3 Å².